The van der Waals surface area contributed by atoms with Crippen LogP contribution in [-0.4, -0.2) is 11.1 Å². The SMILES string of the molecule is CC1(C)CC2(CC(C)(C)N1)OOc1ccccc12. The van der Waals surface area contributed by atoms with Crippen molar-refractivity contribution < 1.29 is 9.78 Å². The zero-order valence-corrected chi connectivity index (χ0v) is 11.5. The predicted octanol–water partition coefficient (Wildman–Crippen LogP) is 3.15. The topological polar surface area (TPSA) is 30.5 Å². The summed E-state index contributed by atoms with van der Waals surface area (Å²) in [6.45, 7) is 8.89. The van der Waals surface area contributed by atoms with Gasteiger partial charge in [0.2, 0.25) is 0 Å². The van der Waals surface area contributed by atoms with E-state index in [1.165, 1.54) is 5.56 Å². The van der Waals surface area contributed by atoms with Gasteiger partial charge in [-0.25, -0.2) is 0 Å². The fourth-order valence-corrected chi connectivity index (χ4v) is 3.83. The van der Waals surface area contributed by atoms with Crippen molar-refractivity contribution in [3.63, 3.8) is 0 Å². The first-order valence-corrected chi connectivity index (χ1v) is 6.57. The minimum atomic E-state index is -0.311. The van der Waals surface area contributed by atoms with Crippen molar-refractivity contribution in [2.45, 2.75) is 57.2 Å². The molecule has 3 rings (SSSR count). The number of para-hydroxylation sites is 1. The molecule has 1 fully saturated rings. The molecule has 2 aliphatic rings. The number of hydrogen-bond acceptors (Lipinski definition) is 3. The lowest BCUT2D eigenvalue weighted by molar-refractivity contribution is -0.292. The average Bonchev–Trinajstić information content (AvgIpc) is 2.53. The molecule has 3 nitrogen and oxygen atoms in total. The third kappa shape index (κ3) is 1.82. The van der Waals surface area contributed by atoms with E-state index in [2.05, 4.69) is 45.1 Å². The van der Waals surface area contributed by atoms with E-state index in [-0.39, 0.29) is 16.7 Å². The summed E-state index contributed by atoms with van der Waals surface area (Å²) < 4.78 is 0. The first kappa shape index (κ1) is 12.0. The zero-order chi connectivity index (χ0) is 13.0. The van der Waals surface area contributed by atoms with Crippen molar-refractivity contribution in [2.75, 3.05) is 0 Å². The van der Waals surface area contributed by atoms with Gasteiger partial charge in [0.15, 0.2) is 5.75 Å². The molecule has 0 unspecified atom stereocenters. The molecule has 0 atom stereocenters. The van der Waals surface area contributed by atoms with Crippen molar-refractivity contribution in [3.8, 4) is 5.75 Å². The maximum Gasteiger partial charge on any atom is 0.171 e. The van der Waals surface area contributed by atoms with Gasteiger partial charge in [0.05, 0.1) is 0 Å². The standard InChI is InChI=1S/C15H21NO2/c1-13(2)9-15(10-14(3,4)16-13)11-7-5-6-8-12(11)17-18-15/h5-8,16H,9-10H2,1-4H3. The largest absolute Gasteiger partial charge is 0.336 e. The van der Waals surface area contributed by atoms with Crippen LogP contribution in [0, 0.1) is 0 Å². The lowest BCUT2D eigenvalue weighted by atomic mass is 9.70. The van der Waals surface area contributed by atoms with Crippen LogP contribution in [0.4, 0.5) is 0 Å². The Hall–Kier alpha value is -1.06. The molecule has 18 heavy (non-hydrogen) atoms. The maximum atomic E-state index is 5.78. The van der Waals surface area contributed by atoms with Crippen LogP contribution in [0.5, 0.6) is 5.75 Å². The van der Waals surface area contributed by atoms with Crippen LogP contribution in [0.2, 0.25) is 0 Å². The van der Waals surface area contributed by atoms with Crippen LogP contribution in [-0.2, 0) is 10.5 Å². The first-order chi connectivity index (χ1) is 8.32. The van der Waals surface area contributed by atoms with Gasteiger partial charge in [-0.2, -0.15) is 4.89 Å². The Morgan fingerprint density at radius 3 is 2.28 bits per heavy atom. The predicted molar refractivity (Wildman–Crippen MR) is 70.4 cm³/mol. The van der Waals surface area contributed by atoms with E-state index in [0.717, 1.165) is 18.6 Å². The van der Waals surface area contributed by atoms with Crippen molar-refractivity contribution in [1.29, 1.82) is 0 Å². The molecule has 0 aliphatic carbocycles. The summed E-state index contributed by atoms with van der Waals surface area (Å²) in [7, 11) is 0. The van der Waals surface area contributed by atoms with E-state index in [1.54, 1.807) is 0 Å². The Morgan fingerprint density at radius 1 is 1.00 bits per heavy atom. The summed E-state index contributed by atoms with van der Waals surface area (Å²) in [4.78, 5) is 11.2. The summed E-state index contributed by atoms with van der Waals surface area (Å²) in [5, 5.41) is 3.68. The number of benzene rings is 1. The van der Waals surface area contributed by atoms with E-state index in [4.69, 9.17) is 9.78 Å². The third-order valence-electron chi connectivity index (χ3n) is 3.80. The molecule has 1 aromatic rings. The summed E-state index contributed by atoms with van der Waals surface area (Å²) >= 11 is 0. The summed E-state index contributed by atoms with van der Waals surface area (Å²) in [6, 6.07) is 8.14. The van der Waals surface area contributed by atoms with Gasteiger partial charge in [0.25, 0.3) is 0 Å². The molecule has 2 aliphatic heterocycles. The van der Waals surface area contributed by atoms with Gasteiger partial charge in [-0.1, -0.05) is 18.2 Å². The van der Waals surface area contributed by atoms with E-state index in [1.807, 2.05) is 12.1 Å². The highest BCUT2D eigenvalue weighted by Gasteiger charge is 2.53. The molecule has 1 N–H and O–H groups in total. The molecule has 0 radical (unpaired) electrons. The van der Waals surface area contributed by atoms with Gasteiger partial charge in [-0.05, 0) is 33.8 Å². The monoisotopic (exact) mass is 247 g/mol. The van der Waals surface area contributed by atoms with Crippen LogP contribution in [0.3, 0.4) is 0 Å². The van der Waals surface area contributed by atoms with Gasteiger partial charge >= 0.3 is 0 Å². The highest BCUT2D eigenvalue weighted by atomic mass is 17.2. The molecular weight excluding hydrogens is 226 g/mol. The second-order valence-corrected chi connectivity index (χ2v) is 6.90. The molecular formula is C15H21NO2. The Morgan fingerprint density at radius 2 is 1.61 bits per heavy atom. The van der Waals surface area contributed by atoms with Crippen LogP contribution in [0.1, 0.15) is 46.1 Å². The molecule has 1 saturated heterocycles. The van der Waals surface area contributed by atoms with Crippen molar-refractivity contribution in [1.82, 2.24) is 5.32 Å². The number of piperidine rings is 1. The van der Waals surface area contributed by atoms with Gasteiger partial charge in [0.1, 0.15) is 5.60 Å². The molecule has 0 saturated carbocycles. The first-order valence-electron chi connectivity index (χ1n) is 6.57. The van der Waals surface area contributed by atoms with Crippen molar-refractivity contribution in [3.05, 3.63) is 29.8 Å². The van der Waals surface area contributed by atoms with Gasteiger partial charge in [0, 0.05) is 29.5 Å². The van der Waals surface area contributed by atoms with Gasteiger partial charge < -0.3 is 10.2 Å². The minimum Gasteiger partial charge on any atom is -0.336 e. The van der Waals surface area contributed by atoms with Crippen LogP contribution < -0.4 is 10.2 Å². The minimum absolute atomic E-state index is 0.0303. The second-order valence-electron chi connectivity index (χ2n) is 6.90. The maximum absolute atomic E-state index is 5.78. The van der Waals surface area contributed by atoms with Crippen LogP contribution in [0.15, 0.2) is 24.3 Å². The quantitative estimate of drug-likeness (QED) is 0.714. The number of rotatable bonds is 0. The molecule has 3 heteroatoms. The average molecular weight is 247 g/mol. The van der Waals surface area contributed by atoms with E-state index >= 15 is 0 Å². The summed E-state index contributed by atoms with van der Waals surface area (Å²) in [5.41, 5.74) is 0.938. The molecule has 0 amide bonds. The Balaban J connectivity index is 2.06. The Labute approximate surface area is 108 Å². The zero-order valence-electron chi connectivity index (χ0n) is 11.5. The molecule has 0 aromatic heterocycles. The fraction of sp³-hybridized carbons (Fsp3) is 0.600. The normalized spacial score (nSPS) is 26.7. The Bertz CT molecular complexity index is 463. The highest BCUT2D eigenvalue weighted by molar-refractivity contribution is 5.41. The van der Waals surface area contributed by atoms with Gasteiger partial charge in [-0.3, -0.25) is 0 Å². The van der Waals surface area contributed by atoms with Crippen LogP contribution >= 0.6 is 0 Å². The Kier molecular flexibility index (Phi) is 2.32. The van der Waals surface area contributed by atoms with E-state index < -0.39 is 0 Å². The molecule has 1 aromatic carbocycles. The number of fused-ring (bicyclic) bond motifs is 2. The second kappa shape index (κ2) is 3.49. The molecule has 1 spiro atoms. The molecule has 0 bridgehead atoms. The molecule has 98 valence electrons. The number of nitrogens with one attached hydrogen (secondary N) is 1. The van der Waals surface area contributed by atoms with Crippen molar-refractivity contribution in [2.24, 2.45) is 0 Å². The lowest BCUT2D eigenvalue weighted by Gasteiger charge is -2.49. The van der Waals surface area contributed by atoms with Crippen molar-refractivity contribution >= 4 is 0 Å². The van der Waals surface area contributed by atoms with E-state index in [9.17, 15) is 0 Å². The molecule has 2 heterocycles. The van der Waals surface area contributed by atoms with E-state index in [0.29, 0.717) is 0 Å². The highest BCUT2D eigenvalue weighted by Crippen LogP contribution is 2.51. The lowest BCUT2D eigenvalue weighted by Crippen LogP contribution is -2.62. The number of hydrogen-bond donors (Lipinski definition) is 1. The summed E-state index contributed by atoms with van der Waals surface area (Å²) in [6.07, 6.45) is 1.83. The summed E-state index contributed by atoms with van der Waals surface area (Å²) in [5.74, 6) is 0.867. The van der Waals surface area contributed by atoms with Gasteiger partial charge in [-0.15, -0.1) is 0 Å². The van der Waals surface area contributed by atoms with Crippen LogP contribution in [0.25, 0.3) is 0 Å². The third-order valence-corrected chi connectivity index (χ3v) is 3.80. The smallest absolute Gasteiger partial charge is 0.171 e. The fourth-order valence-electron chi connectivity index (χ4n) is 3.83.